The van der Waals surface area contributed by atoms with Crippen LogP contribution in [0.15, 0.2) is 53.3 Å². The second-order valence-corrected chi connectivity index (χ2v) is 7.87. The Morgan fingerprint density at radius 3 is 2.62 bits per heavy atom. The average Bonchev–Trinajstić information content (AvgIpc) is 2.79. The fraction of sp³-hybridized carbons (Fsp3) is 0.292. The lowest BCUT2D eigenvalue weighted by Gasteiger charge is -2.18. The summed E-state index contributed by atoms with van der Waals surface area (Å²) in [5, 5.41) is 12.8. The normalized spacial score (nSPS) is 11.8. The minimum absolute atomic E-state index is 0.167. The van der Waals surface area contributed by atoms with E-state index in [1.54, 1.807) is 38.3 Å². The van der Waals surface area contributed by atoms with Gasteiger partial charge in [0.15, 0.2) is 0 Å². The summed E-state index contributed by atoms with van der Waals surface area (Å²) < 4.78 is 6.59. The highest BCUT2D eigenvalue weighted by Crippen LogP contribution is 2.21. The molecule has 0 bridgehead atoms. The monoisotopic (exact) mass is 455 g/mol. The van der Waals surface area contributed by atoms with Gasteiger partial charge >= 0.3 is 0 Å². The summed E-state index contributed by atoms with van der Waals surface area (Å²) in [6.45, 7) is 3.19. The minimum Gasteiger partial charge on any atom is -0.497 e. The van der Waals surface area contributed by atoms with Gasteiger partial charge in [0.25, 0.3) is 5.56 Å². The molecule has 1 heterocycles. The smallest absolute Gasteiger partial charge is 0.257 e. The standard InChI is InChI=1S/C24H26ClN3O4/c1-15(18-5-4-6-20(13-18)32-3)26-22(30)14-28-23(17-7-9-19(25)10-8-17)27-16(2)21(11-12-29)24(28)31/h4-10,13,15,29H,11-12,14H2,1-3H3,(H,26,30)/t15-/m0/s1. The largest absolute Gasteiger partial charge is 0.497 e. The van der Waals surface area contributed by atoms with Crippen LogP contribution < -0.4 is 15.6 Å². The quantitative estimate of drug-likeness (QED) is 0.543. The molecule has 0 aliphatic rings. The number of benzene rings is 2. The van der Waals surface area contributed by atoms with Crippen molar-refractivity contribution in [2.75, 3.05) is 13.7 Å². The van der Waals surface area contributed by atoms with E-state index in [1.165, 1.54) is 4.57 Å². The lowest BCUT2D eigenvalue weighted by Crippen LogP contribution is -2.36. The number of hydrogen-bond donors (Lipinski definition) is 2. The molecule has 3 aromatic rings. The Kier molecular flexibility index (Phi) is 7.66. The van der Waals surface area contributed by atoms with E-state index in [0.717, 1.165) is 5.56 Å². The molecule has 168 valence electrons. The number of rotatable bonds is 8. The van der Waals surface area contributed by atoms with Gasteiger partial charge in [-0.15, -0.1) is 0 Å². The van der Waals surface area contributed by atoms with Gasteiger partial charge in [-0.3, -0.25) is 14.2 Å². The number of aliphatic hydroxyl groups excluding tert-OH is 1. The van der Waals surface area contributed by atoms with Crippen LogP contribution in [0.1, 0.15) is 29.8 Å². The van der Waals surface area contributed by atoms with Gasteiger partial charge < -0.3 is 15.2 Å². The first-order valence-electron chi connectivity index (χ1n) is 10.2. The molecule has 0 radical (unpaired) electrons. The summed E-state index contributed by atoms with van der Waals surface area (Å²) in [6, 6.07) is 14.0. The van der Waals surface area contributed by atoms with Crippen LogP contribution in [0.4, 0.5) is 0 Å². The number of carbonyl (C=O) groups excluding carboxylic acids is 1. The lowest BCUT2D eigenvalue weighted by atomic mass is 10.1. The summed E-state index contributed by atoms with van der Waals surface area (Å²) in [6.07, 6.45) is 0.167. The molecule has 8 heteroatoms. The first-order chi connectivity index (χ1) is 15.3. The number of ether oxygens (including phenoxy) is 1. The van der Waals surface area contributed by atoms with Crippen molar-refractivity contribution in [3.05, 3.63) is 80.7 Å². The van der Waals surface area contributed by atoms with Gasteiger partial charge in [0.1, 0.15) is 18.1 Å². The highest BCUT2D eigenvalue weighted by Gasteiger charge is 2.19. The third-order valence-corrected chi connectivity index (χ3v) is 5.46. The molecular formula is C24H26ClN3O4. The molecule has 0 spiro atoms. The average molecular weight is 456 g/mol. The van der Waals surface area contributed by atoms with Crippen molar-refractivity contribution < 1.29 is 14.6 Å². The maximum Gasteiger partial charge on any atom is 0.257 e. The third kappa shape index (κ3) is 5.36. The van der Waals surface area contributed by atoms with Gasteiger partial charge in [0, 0.05) is 34.9 Å². The minimum atomic E-state index is -0.347. The number of nitrogens with one attached hydrogen (secondary N) is 1. The Labute approximate surface area is 191 Å². The Bertz CT molecular complexity index is 1160. The first kappa shape index (κ1) is 23.5. The molecule has 1 amide bonds. The van der Waals surface area contributed by atoms with E-state index in [9.17, 15) is 14.7 Å². The molecule has 1 aromatic heterocycles. The van der Waals surface area contributed by atoms with Crippen molar-refractivity contribution in [3.8, 4) is 17.1 Å². The summed E-state index contributed by atoms with van der Waals surface area (Å²) in [4.78, 5) is 30.7. The topological polar surface area (TPSA) is 93.4 Å². The maximum absolute atomic E-state index is 13.2. The molecular weight excluding hydrogens is 430 g/mol. The van der Waals surface area contributed by atoms with Gasteiger partial charge in [0.2, 0.25) is 5.91 Å². The summed E-state index contributed by atoms with van der Waals surface area (Å²) >= 11 is 6.00. The van der Waals surface area contributed by atoms with Crippen LogP contribution in [-0.2, 0) is 17.8 Å². The predicted molar refractivity (Wildman–Crippen MR) is 124 cm³/mol. The number of halogens is 1. The highest BCUT2D eigenvalue weighted by atomic mass is 35.5. The SMILES string of the molecule is COc1cccc([C@H](C)NC(=O)Cn2c(-c3ccc(Cl)cc3)nc(C)c(CCO)c2=O)c1. The zero-order valence-electron chi connectivity index (χ0n) is 18.3. The van der Waals surface area contributed by atoms with Gasteiger partial charge in [0.05, 0.1) is 13.2 Å². The Hall–Kier alpha value is -3.16. The first-order valence-corrected chi connectivity index (χ1v) is 10.6. The zero-order valence-corrected chi connectivity index (χ0v) is 19.0. The van der Waals surface area contributed by atoms with Crippen LogP contribution in [0.3, 0.4) is 0 Å². The summed E-state index contributed by atoms with van der Waals surface area (Å²) in [5.41, 5.74) is 2.11. The number of aliphatic hydroxyl groups is 1. The molecule has 0 aliphatic heterocycles. The highest BCUT2D eigenvalue weighted by molar-refractivity contribution is 6.30. The summed E-state index contributed by atoms with van der Waals surface area (Å²) in [7, 11) is 1.58. The number of methoxy groups -OCH3 is 1. The maximum atomic E-state index is 13.2. The number of aryl methyl sites for hydroxylation is 1. The van der Waals surface area contributed by atoms with Crippen molar-refractivity contribution in [1.82, 2.24) is 14.9 Å². The second-order valence-electron chi connectivity index (χ2n) is 7.44. The number of nitrogens with zero attached hydrogens (tertiary/aromatic N) is 2. The number of hydrogen-bond acceptors (Lipinski definition) is 5. The Morgan fingerprint density at radius 2 is 1.97 bits per heavy atom. The second kappa shape index (κ2) is 10.4. The molecule has 0 saturated carbocycles. The number of carbonyl (C=O) groups is 1. The van der Waals surface area contributed by atoms with E-state index < -0.39 is 0 Å². The van der Waals surface area contributed by atoms with Crippen molar-refractivity contribution in [2.45, 2.75) is 32.9 Å². The van der Waals surface area contributed by atoms with Gasteiger partial charge in [-0.05, 0) is 55.8 Å². The van der Waals surface area contributed by atoms with E-state index in [1.807, 2.05) is 31.2 Å². The molecule has 32 heavy (non-hydrogen) atoms. The van der Waals surface area contributed by atoms with Gasteiger partial charge in [-0.1, -0.05) is 23.7 Å². The third-order valence-electron chi connectivity index (χ3n) is 5.21. The van der Waals surface area contributed by atoms with E-state index in [-0.39, 0.29) is 37.1 Å². The fourth-order valence-electron chi connectivity index (χ4n) is 3.49. The van der Waals surface area contributed by atoms with Gasteiger partial charge in [-0.25, -0.2) is 4.98 Å². The van der Waals surface area contributed by atoms with Crippen molar-refractivity contribution in [2.24, 2.45) is 0 Å². The predicted octanol–water partition coefficient (Wildman–Crippen LogP) is 3.29. The Balaban J connectivity index is 1.94. The van der Waals surface area contributed by atoms with E-state index >= 15 is 0 Å². The number of aromatic nitrogens is 2. The van der Waals surface area contributed by atoms with Crippen LogP contribution >= 0.6 is 11.6 Å². The zero-order chi connectivity index (χ0) is 23.3. The van der Waals surface area contributed by atoms with E-state index in [4.69, 9.17) is 16.3 Å². The lowest BCUT2D eigenvalue weighted by molar-refractivity contribution is -0.122. The van der Waals surface area contributed by atoms with Crippen LogP contribution in [0.5, 0.6) is 5.75 Å². The van der Waals surface area contributed by atoms with Crippen molar-refractivity contribution >= 4 is 17.5 Å². The van der Waals surface area contributed by atoms with E-state index in [2.05, 4.69) is 10.3 Å². The van der Waals surface area contributed by atoms with Gasteiger partial charge in [-0.2, -0.15) is 0 Å². The van der Waals surface area contributed by atoms with Crippen LogP contribution in [-0.4, -0.2) is 34.3 Å². The molecule has 3 rings (SSSR count). The molecule has 0 aliphatic carbocycles. The van der Waals surface area contributed by atoms with Crippen molar-refractivity contribution in [1.29, 1.82) is 0 Å². The van der Waals surface area contributed by atoms with Crippen LogP contribution in [0.2, 0.25) is 5.02 Å². The molecule has 1 atom stereocenters. The molecule has 0 saturated heterocycles. The fourth-order valence-corrected chi connectivity index (χ4v) is 3.62. The van der Waals surface area contributed by atoms with Crippen LogP contribution in [0.25, 0.3) is 11.4 Å². The molecule has 2 aromatic carbocycles. The van der Waals surface area contributed by atoms with Crippen molar-refractivity contribution in [3.63, 3.8) is 0 Å². The van der Waals surface area contributed by atoms with Crippen LogP contribution in [0, 0.1) is 6.92 Å². The molecule has 7 nitrogen and oxygen atoms in total. The molecule has 2 N–H and O–H groups in total. The Morgan fingerprint density at radius 1 is 1.25 bits per heavy atom. The number of amides is 1. The molecule has 0 fully saturated rings. The molecule has 0 unspecified atom stereocenters. The van der Waals surface area contributed by atoms with E-state index in [0.29, 0.717) is 33.4 Å². The summed E-state index contributed by atoms with van der Waals surface area (Å²) in [5.74, 6) is 0.731.